The number of hydrogen-bond donors (Lipinski definition) is 3. The lowest BCUT2D eigenvalue weighted by Crippen LogP contribution is -2.51. The van der Waals surface area contributed by atoms with Crippen LogP contribution in [-0.2, 0) is 4.74 Å². The van der Waals surface area contributed by atoms with E-state index in [0.717, 1.165) is 0 Å². The van der Waals surface area contributed by atoms with Crippen molar-refractivity contribution in [1.29, 1.82) is 0 Å². The number of aliphatic hydroxyl groups is 2. The van der Waals surface area contributed by atoms with Crippen LogP contribution in [0.2, 0.25) is 0 Å². The SMILES string of the molecule is CSSC1CC(N2C=C(C)C(O)NC2=O)OC1CO. The third-order valence-corrected chi connectivity index (χ3v) is 5.41. The largest absolute Gasteiger partial charge is 0.394 e. The number of amides is 2. The Morgan fingerprint density at radius 3 is 3.00 bits per heavy atom. The Morgan fingerprint density at radius 2 is 2.37 bits per heavy atom. The minimum atomic E-state index is -0.935. The van der Waals surface area contributed by atoms with E-state index in [1.54, 1.807) is 34.7 Å². The number of nitrogens with one attached hydrogen (secondary N) is 1. The normalized spacial score (nSPS) is 35.3. The standard InChI is InChI=1S/C11H18N2O4S2/c1-6-4-13(11(16)12-10(6)15)9-3-8(19-18-2)7(5-14)17-9/h4,7-10,14-15H,3,5H2,1-2H3,(H,12,16). The summed E-state index contributed by atoms with van der Waals surface area (Å²) in [6.45, 7) is 1.68. The molecule has 2 heterocycles. The predicted octanol–water partition coefficient (Wildman–Crippen LogP) is 0.721. The molecule has 6 nitrogen and oxygen atoms in total. The highest BCUT2D eigenvalue weighted by Crippen LogP contribution is 2.37. The molecule has 1 fully saturated rings. The minimum absolute atomic E-state index is 0.0600. The minimum Gasteiger partial charge on any atom is -0.394 e. The van der Waals surface area contributed by atoms with Gasteiger partial charge in [0.2, 0.25) is 0 Å². The molecule has 4 atom stereocenters. The fourth-order valence-corrected chi connectivity index (χ4v) is 4.24. The van der Waals surface area contributed by atoms with Gasteiger partial charge in [-0.1, -0.05) is 21.6 Å². The summed E-state index contributed by atoms with van der Waals surface area (Å²) in [5.41, 5.74) is 0.657. The number of carbonyl (C=O) groups is 1. The third kappa shape index (κ3) is 3.19. The molecule has 3 N–H and O–H groups in total. The lowest BCUT2D eigenvalue weighted by Gasteiger charge is -2.31. The van der Waals surface area contributed by atoms with Crippen molar-refractivity contribution in [2.45, 2.75) is 37.2 Å². The molecule has 0 bridgehead atoms. The van der Waals surface area contributed by atoms with Gasteiger partial charge in [-0.2, -0.15) is 0 Å². The average molecular weight is 306 g/mol. The maximum atomic E-state index is 11.9. The molecule has 0 saturated carbocycles. The Hall–Kier alpha value is -0.410. The molecule has 2 aliphatic rings. The lowest BCUT2D eigenvalue weighted by atomic mass is 10.2. The first kappa shape index (κ1) is 15.0. The van der Waals surface area contributed by atoms with Gasteiger partial charge < -0.3 is 20.3 Å². The van der Waals surface area contributed by atoms with Crippen LogP contribution in [0.5, 0.6) is 0 Å². The predicted molar refractivity (Wildman–Crippen MR) is 75.4 cm³/mol. The molecule has 8 heteroatoms. The number of nitrogens with zero attached hydrogens (tertiary/aromatic N) is 1. The fraction of sp³-hybridized carbons (Fsp3) is 0.727. The van der Waals surface area contributed by atoms with E-state index >= 15 is 0 Å². The summed E-state index contributed by atoms with van der Waals surface area (Å²) >= 11 is 0. The van der Waals surface area contributed by atoms with Crippen molar-refractivity contribution < 1.29 is 19.7 Å². The van der Waals surface area contributed by atoms with Crippen LogP contribution in [0.4, 0.5) is 4.79 Å². The average Bonchev–Trinajstić information content (AvgIpc) is 2.77. The van der Waals surface area contributed by atoms with E-state index in [1.165, 1.54) is 4.90 Å². The second-order valence-corrected chi connectivity index (χ2v) is 7.19. The monoisotopic (exact) mass is 306 g/mol. The number of carbonyl (C=O) groups excluding carboxylic acids is 1. The third-order valence-electron chi connectivity index (χ3n) is 3.16. The molecule has 0 aromatic carbocycles. The van der Waals surface area contributed by atoms with Gasteiger partial charge in [0.1, 0.15) is 6.23 Å². The molecule has 0 radical (unpaired) electrons. The molecular formula is C11H18N2O4S2. The molecule has 0 aliphatic carbocycles. The number of urea groups is 1. The van der Waals surface area contributed by atoms with Crippen molar-refractivity contribution in [2.75, 3.05) is 12.9 Å². The van der Waals surface area contributed by atoms with Gasteiger partial charge in [0.15, 0.2) is 6.23 Å². The first-order valence-electron chi connectivity index (χ1n) is 5.97. The molecule has 2 rings (SSSR count). The molecule has 19 heavy (non-hydrogen) atoms. The van der Waals surface area contributed by atoms with Crippen LogP contribution in [0, 0.1) is 0 Å². The first-order chi connectivity index (χ1) is 9.06. The lowest BCUT2D eigenvalue weighted by molar-refractivity contribution is -0.0393. The van der Waals surface area contributed by atoms with Gasteiger partial charge in [0.05, 0.1) is 12.7 Å². The Morgan fingerprint density at radius 1 is 1.63 bits per heavy atom. The maximum Gasteiger partial charge on any atom is 0.325 e. The van der Waals surface area contributed by atoms with Gasteiger partial charge >= 0.3 is 6.03 Å². The Kier molecular flexibility index (Phi) is 5.02. The summed E-state index contributed by atoms with van der Waals surface area (Å²) in [6.07, 6.45) is 2.63. The van der Waals surface area contributed by atoms with Crippen LogP contribution in [0.25, 0.3) is 0 Å². The van der Waals surface area contributed by atoms with Crippen molar-refractivity contribution in [2.24, 2.45) is 0 Å². The zero-order valence-electron chi connectivity index (χ0n) is 10.8. The van der Waals surface area contributed by atoms with Gasteiger partial charge in [-0.15, -0.1) is 0 Å². The van der Waals surface area contributed by atoms with Gasteiger partial charge in [0, 0.05) is 17.9 Å². The van der Waals surface area contributed by atoms with E-state index < -0.39 is 12.5 Å². The zero-order valence-corrected chi connectivity index (χ0v) is 12.4. The maximum absolute atomic E-state index is 11.9. The summed E-state index contributed by atoms with van der Waals surface area (Å²) in [5.74, 6) is 0. The smallest absolute Gasteiger partial charge is 0.325 e. The summed E-state index contributed by atoms with van der Waals surface area (Å²) in [6, 6.07) is -0.380. The van der Waals surface area contributed by atoms with Crippen molar-refractivity contribution in [3.05, 3.63) is 11.8 Å². The van der Waals surface area contributed by atoms with Crippen molar-refractivity contribution in [1.82, 2.24) is 10.2 Å². The van der Waals surface area contributed by atoms with Gasteiger partial charge in [0.25, 0.3) is 0 Å². The van der Waals surface area contributed by atoms with Crippen LogP contribution in [0.3, 0.4) is 0 Å². The first-order valence-corrected chi connectivity index (χ1v) is 8.60. The van der Waals surface area contributed by atoms with Gasteiger partial charge in [-0.3, -0.25) is 4.90 Å². The van der Waals surface area contributed by atoms with Crippen LogP contribution in [0.1, 0.15) is 13.3 Å². The van der Waals surface area contributed by atoms with Crippen LogP contribution in [-0.4, -0.2) is 57.8 Å². The zero-order chi connectivity index (χ0) is 14.0. The van der Waals surface area contributed by atoms with E-state index in [9.17, 15) is 15.0 Å². The van der Waals surface area contributed by atoms with E-state index in [1.807, 2.05) is 6.26 Å². The summed E-state index contributed by atoms with van der Waals surface area (Å²) in [4.78, 5) is 13.3. The number of hydrogen-bond acceptors (Lipinski definition) is 6. The van der Waals surface area contributed by atoms with Crippen LogP contribution < -0.4 is 5.32 Å². The van der Waals surface area contributed by atoms with Gasteiger partial charge in [-0.25, -0.2) is 4.79 Å². The highest BCUT2D eigenvalue weighted by atomic mass is 33.1. The molecule has 0 spiro atoms. The molecule has 108 valence electrons. The summed E-state index contributed by atoms with van der Waals surface area (Å²) in [5, 5.41) is 21.5. The highest BCUT2D eigenvalue weighted by Gasteiger charge is 2.40. The fourth-order valence-electron chi connectivity index (χ4n) is 2.13. The quantitative estimate of drug-likeness (QED) is 0.664. The van der Waals surface area contributed by atoms with E-state index in [2.05, 4.69) is 5.32 Å². The number of ether oxygens (including phenoxy) is 1. The second kappa shape index (κ2) is 6.36. The molecule has 1 saturated heterocycles. The van der Waals surface area contributed by atoms with E-state index in [4.69, 9.17) is 4.74 Å². The topological polar surface area (TPSA) is 82.0 Å². The molecule has 2 aliphatic heterocycles. The molecule has 0 aromatic heterocycles. The molecule has 0 aromatic rings. The van der Waals surface area contributed by atoms with Crippen LogP contribution >= 0.6 is 21.6 Å². The van der Waals surface area contributed by atoms with E-state index in [0.29, 0.717) is 12.0 Å². The molecule has 4 unspecified atom stereocenters. The van der Waals surface area contributed by atoms with Crippen molar-refractivity contribution >= 4 is 27.6 Å². The van der Waals surface area contributed by atoms with Crippen molar-refractivity contribution in [3.63, 3.8) is 0 Å². The Labute approximate surface area is 120 Å². The summed E-state index contributed by atoms with van der Waals surface area (Å²) < 4.78 is 5.72. The molecular weight excluding hydrogens is 288 g/mol. The number of aliphatic hydroxyl groups excluding tert-OH is 2. The molecule has 2 amide bonds. The highest BCUT2D eigenvalue weighted by molar-refractivity contribution is 8.76. The van der Waals surface area contributed by atoms with Crippen molar-refractivity contribution in [3.8, 4) is 0 Å². The summed E-state index contributed by atoms with van der Waals surface area (Å²) in [7, 11) is 3.26. The Bertz CT molecular complexity index is 380. The Balaban J connectivity index is 2.08. The van der Waals surface area contributed by atoms with Crippen LogP contribution in [0.15, 0.2) is 11.8 Å². The number of rotatable bonds is 4. The second-order valence-electron chi connectivity index (χ2n) is 4.48. The van der Waals surface area contributed by atoms with E-state index in [-0.39, 0.29) is 24.0 Å². The van der Waals surface area contributed by atoms with Gasteiger partial charge in [-0.05, 0) is 18.8 Å².